The average Bonchev–Trinajstić information content (AvgIpc) is 2.36. The number of nitrogens with zero attached hydrogens (tertiary/aromatic N) is 2. The molecule has 0 fully saturated rings. The molecule has 0 aromatic rings. The number of hydrogen-bond acceptors (Lipinski definition) is 3. The van der Waals surface area contributed by atoms with E-state index in [2.05, 4.69) is 5.32 Å². The fourth-order valence-corrected chi connectivity index (χ4v) is 1.46. The van der Waals surface area contributed by atoms with Crippen LogP contribution in [-0.4, -0.2) is 66.0 Å². The van der Waals surface area contributed by atoms with Crippen LogP contribution < -0.4 is 5.32 Å². The van der Waals surface area contributed by atoms with Gasteiger partial charge in [-0.1, -0.05) is 6.92 Å². The Balaban J connectivity index is 4.27. The predicted octanol–water partition coefficient (Wildman–Crippen LogP) is 0.361. The highest BCUT2D eigenvalue weighted by Crippen LogP contribution is 1.98. The van der Waals surface area contributed by atoms with Gasteiger partial charge in [-0.2, -0.15) is 0 Å². The molecule has 0 radical (unpaired) electrons. The monoisotopic (exact) mass is 273 g/mol. The number of likely N-dealkylation sites (N-methyl/N-ethyl adjacent to an activating group) is 1. The van der Waals surface area contributed by atoms with Crippen LogP contribution in [0.4, 0.5) is 4.79 Å². The Morgan fingerprint density at radius 3 is 2.32 bits per heavy atom. The van der Waals surface area contributed by atoms with E-state index >= 15 is 0 Å². The van der Waals surface area contributed by atoms with Crippen LogP contribution in [0.15, 0.2) is 0 Å². The zero-order valence-electron chi connectivity index (χ0n) is 11.8. The summed E-state index contributed by atoms with van der Waals surface area (Å²) in [5.41, 5.74) is 0. The number of rotatable bonds is 8. The van der Waals surface area contributed by atoms with E-state index in [4.69, 9.17) is 5.11 Å². The highest BCUT2D eigenvalue weighted by Gasteiger charge is 2.19. The molecule has 0 atom stereocenters. The minimum absolute atomic E-state index is 0.0254. The molecule has 7 heteroatoms. The summed E-state index contributed by atoms with van der Waals surface area (Å²) in [7, 11) is 1.53. The van der Waals surface area contributed by atoms with Gasteiger partial charge in [-0.15, -0.1) is 0 Å². The zero-order chi connectivity index (χ0) is 14.8. The van der Waals surface area contributed by atoms with Crippen molar-refractivity contribution >= 4 is 17.9 Å². The summed E-state index contributed by atoms with van der Waals surface area (Å²) in [6.45, 7) is 4.82. The lowest BCUT2D eigenvalue weighted by Gasteiger charge is -2.26. The second-order valence-corrected chi connectivity index (χ2v) is 4.21. The van der Waals surface area contributed by atoms with Crippen molar-refractivity contribution in [1.82, 2.24) is 15.1 Å². The number of carbonyl (C=O) groups excluding carboxylic acids is 2. The molecule has 3 amide bonds. The van der Waals surface area contributed by atoms with Crippen LogP contribution in [0.25, 0.3) is 0 Å². The molecule has 0 aromatic heterocycles. The Kier molecular flexibility index (Phi) is 8.32. The Hall–Kier alpha value is -1.79. The van der Waals surface area contributed by atoms with Crippen LogP contribution >= 0.6 is 0 Å². The summed E-state index contributed by atoms with van der Waals surface area (Å²) in [6, 6.07) is -0.338. The predicted molar refractivity (Wildman–Crippen MR) is 70.8 cm³/mol. The Morgan fingerprint density at radius 2 is 1.84 bits per heavy atom. The van der Waals surface area contributed by atoms with Crippen LogP contribution in [-0.2, 0) is 9.59 Å². The van der Waals surface area contributed by atoms with E-state index in [1.165, 1.54) is 16.8 Å². The molecule has 0 aliphatic rings. The largest absolute Gasteiger partial charge is 0.481 e. The first-order valence-corrected chi connectivity index (χ1v) is 6.40. The molecule has 0 heterocycles. The van der Waals surface area contributed by atoms with Crippen LogP contribution in [0.3, 0.4) is 0 Å². The van der Waals surface area contributed by atoms with Crippen molar-refractivity contribution in [2.75, 3.05) is 33.2 Å². The smallest absolute Gasteiger partial charge is 0.320 e. The van der Waals surface area contributed by atoms with Gasteiger partial charge in [0.15, 0.2) is 0 Å². The van der Waals surface area contributed by atoms with Gasteiger partial charge in [0.2, 0.25) is 5.91 Å². The molecule has 0 bridgehead atoms. The van der Waals surface area contributed by atoms with Gasteiger partial charge < -0.3 is 20.2 Å². The maximum Gasteiger partial charge on any atom is 0.320 e. The summed E-state index contributed by atoms with van der Waals surface area (Å²) in [4.78, 5) is 36.6. The molecule has 0 spiro atoms. The van der Waals surface area contributed by atoms with Crippen molar-refractivity contribution < 1.29 is 19.5 Å². The lowest BCUT2D eigenvalue weighted by Crippen LogP contribution is -2.46. The van der Waals surface area contributed by atoms with E-state index in [0.717, 1.165) is 6.42 Å². The molecule has 0 saturated carbocycles. The minimum atomic E-state index is -0.949. The van der Waals surface area contributed by atoms with E-state index < -0.39 is 5.97 Å². The highest BCUT2D eigenvalue weighted by atomic mass is 16.4. The first kappa shape index (κ1) is 17.2. The molecule has 0 saturated heterocycles. The number of aliphatic carboxylic acids is 1. The molecule has 0 aliphatic heterocycles. The molecule has 19 heavy (non-hydrogen) atoms. The van der Waals surface area contributed by atoms with E-state index in [9.17, 15) is 14.4 Å². The van der Waals surface area contributed by atoms with E-state index in [1.807, 2.05) is 6.92 Å². The topological polar surface area (TPSA) is 90.0 Å². The van der Waals surface area contributed by atoms with Crippen molar-refractivity contribution in [3.8, 4) is 0 Å². The van der Waals surface area contributed by atoms with Crippen molar-refractivity contribution in [3.05, 3.63) is 0 Å². The molecule has 0 unspecified atom stereocenters. The van der Waals surface area contributed by atoms with Crippen molar-refractivity contribution in [3.63, 3.8) is 0 Å². The van der Waals surface area contributed by atoms with Crippen LogP contribution in [0.2, 0.25) is 0 Å². The molecular weight excluding hydrogens is 250 g/mol. The van der Waals surface area contributed by atoms with Gasteiger partial charge in [-0.3, -0.25) is 9.59 Å². The molecule has 0 aromatic carbocycles. The first-order valence-electron chi connectivity index (χ1n) is 6.40. The van der Waals surface area contributed by atoms with E-state index in [0.29, 0.717) is 13.1 Å². The van der Waals surface area contributed by atoms with E-state index in [-0.39, 0.29) is 31.4 Å². The molecule has 7 nitrogen and oxygen atoms in total. The SMILES string of the molecule is CCCNC(=O)CN(C)C(=O)N(CC)CCC(=O)O. The van der Waals surface area contributed by atoms with Gasteiger partial charge in [0.25, 0.3) is 0 Å². The summed E-state index contributed by atoms with van der Waals surface area (Å²) in [5, 5.41) is 11.3. The van der Waals surface area contributed by atoms with Gasteiger partial charge in [0.05, 0.1) is 6.42 Å². The normalized spacial score (nSPS) is 9.84. The molecule has 2 N–H and O–H groups in total. The number of hydrogen-bond donors (Lipinski definition) is 2. The summed E-state index contributed by atoms with van der Waals surface area (Å²) >= 11 is 0. The quantitative estimate of drug-likeness (QED) is 0.668. The van der Waals surface area contributed by atoms with Gasteiger partial charge in [0.1, 0.15) is 6.54 Å². The second-order valence-electron chi connectivity index (χ2n) is 4.21. The average molecular weight is 273 g/mol. The first-order chi connectivity index (χ1) is 8.92. The minimum Gasteiger partial charge on any atom is -0.481 e. The van der Waals surface area contributed by atoms with Crippen molar-refractivity contribution in [2.24, 2.45) is 0 Å². The molecule has 0 aliphatic carbocycles. The maximum atomic E-state index is 12.0. The van der Waals surface area contributed by atoms with Gasteiger partial charge >= 0.3 is 12.0 Å². The van der Waals surface area contributed by atoms with Crippen LogP contribution in [0, 0.1) is 0 Å². The third-order valence-corrected chi connectivity index (χ3v) is 2.53. The number of urea groups is 1. The highest BCUT2D eigenvalue weighted by molar-refractivity contribution is 5.84. The zero-order valence-corrected chi connectivity index (χ0v) is 11.8. The van der Waals surface area contributed by atoms with Crippen molar-refractivity contribution in [2.45, 2.75) is 26.7 Å². The summed E-state index contributed by atoms with van der Waals surface area (Å²) in [5.74, 6) is -1.17. The number of carbonyl (C=O) groups is 3. The molecule has 0 rings (SSSR count). The van der Waals surface area contributed by atoms with Crippen LogP contribution in [0.5, 0.6) is 0 Å². The lowest BCUT2D eigenvalue weighted by molar-refractivity contribution is -0.137. The second kappa shape index (κ2) is 9.18. The van der Waals surface area contributed by atoms with Gasteiger partial charge in [-0.05, 0) is 13.3 Å². The number of nitrogens with one attached hydrogen (secondary N) is 1. The summed E-state index contributed by atoms with van der Waals surface area (Å²) in [6.07, 6.45) is 0.735. The van der Waals surface area contributed by atoms with E-state index in [1.54, 1.807) is 6.92 Å². The molecular formula is C12H23N3O4. The maximum absolute atomic E-state index is 12.0. The third kappa shape index (κ3) is 7.28. The van der Waals surface area contributed by atoms with Crippen LogP contribution in [0.1, 0.15) is 26.7 Å². The fourth-order valence-electron chi connectivity index (χ4n) is 1.46. The Labute approximate surface area is 113 Å². The number of carboxylic acid groups (broad SMARTS) is 1. The standard InChI is InChI=1S/C12H23N3O4/c1-4-7-13-10(16)9-14(3)12(19)15(5-2)8-6-11(17)18/h4-9H2,1-3H3,(H,13,16)(H,17,18). The molecule has 110 valence electrons. The van der Waals surface area contributed by atoms with Gasteiger partial charge in [-0.25, -0.2) is 4.79 Å². The number of amides is 3. The third-order valence-electron chi connectivity index (χ3n) is 2.53. The Bertz CT molecular complexity index is 320. The Morgan fingerprint density at radius 1 is 1.21 bits per heavy atom. The number of carboxylic acids is 1. The fraction of sp³-hybridized carbons (Fsp3) is 0.750. The summed E-state index contributed by atoms with van der Waals surface area (Å²) < 4.78 is 0. The van der Waals surface area contributed by atoms with Gasteiger partial charge in [0, 0.05) is 26.7 Å². The lowest BCUT2D eigenvalue weighted by atomic mass is 10.4. The van der Waals surface area contributed by atoms with Crippen molar-refractivity contribution in [1.29, 1.82) is 0 Å².